The number of nitrogens with zero attached hydrogens (tertiary/aromatic N) is 1. The van der Waals surface area contributed by atoms with E-state index in [-0.39, 0.29) is 12.5 Å². The van der Waals surface area contributed by atoms with Crippen LogP contribution in [-0.2, 0) is 20.3 Å². The Labute approximate surface area is 192 Å². The summed E-state index contributed by atoms with van der Waals surface area (Å²) in [6.07, 6.45) is 12.4. The van der Waals surface area contributed by atoms with Gasteiger partial charge < -0.3 is 19.4 Å². The lowest BCUT2D eigenvalue weighted by atomic mass is 10.1. The van der Waals surface area contributed by atoms with Gasteiger partial charge in [-0.25, -0.2) is 4.57 Å². The number of aryl methyl sites for hydroxylation is 1. The lowest BCUT2D eigenvalue weighted by molar-refractivity contribution is -0.130. The SMILES string of the molecule is CCCCCCCCCCCOc1cccc(CCC(=O)N2CCC(OP(=O)(O)O)C2)c1. The Hall–Kier alpha value is -1.40. The minimum absolute atomic E-state index is 0.0252. The van der Waals surface area contributed by atoms with Crippen molar-refractivity contribution < 1.29 is 28.4 Å². The van der Waals surface area contributed by atoms with E-state index in [2.05, 4.69) is 6.92 Å². The maximum absolute atomic E-state index is 12.4. The number of phosphoric ester groups is 1. The van der Waals surface area contributed by atoms with Crippen LogP contribution in [0.15, 0.2) is 24.3 Å². The van der Waals surface area contributed by atoms with Crippen LogP contribution < -0.4 is 4.74 Å². The number of amides is 1. The first-order valence-corrected chi connectivity index (χ1v) is 13.6. The van der Waals surface area contributed by atoms with Crippen LogP contribution >= 0.6 is 7.82 Å². The number of hydrogen-bond donors (Lipinski definition) is 2. The van der Waals surface area contributed by atoms with Gasteiger partial charge in [0.2, 0.25) is 5.91 Å². The molecule has 2 rings (SSSR count). The number of carbonyl (C=O) groups excluding carboxylic acids is 1. The molecule has 1 atom stereocenters. The number of phosphoric acid groups is 1. The van der Waals surface area contributed by atoms with Crippen molar-refractivity contribution in [1.29, 1.82) is 0 Å². The van der Waals surface area contributed by atoms with E-state index in [1.54, 1.807) is 4.90 Å². The van der Waals surface area contributed by atoms with Gasteiger partial charge in [0.15, 0.2) is 0 Å². The number of likely N-dealkylation sites (tertiary alicyclic amines) is 1. The van der Waals surface area contributed by atoms with Crippen molar-refractivity contribution in [2.75, 3.05) is 19.7 Å². The summed E-state index contributed by atoms with van der Waals surface area (Å²) < 4.78 is 21.5. The molecule has 1 aromatic rings. The van der Waals surface area contributed by atoms with Gasteiger partial charge >= 0.3 is 7.82 Å². The van der Waals surface area contributed by atoms with Crippen LogP contribution in [0.2, 0.25) is 0 Å². The second kappa shape index (κ2) is 14.7. The monoisotopic (exact) mass is 469 g/mol. The van der Waals surface area contributed by atoms with Crippen molar-refractivity contribution in [1.82, 2.24) is 4.90 Å². The standard InChI is InChI=1S/C24H40NO6P/c1-2-3-4-5-6-7-8-9-10-18-30-22-13-11-12-21(19-22)14-15-24(26)25-17-16-23(20-25)31-32(27,28)29/h11-13,19,23H,2-10,14-18,20H2,1H3,(H2,27,28,29). The summed E-state index contributed by atoms with van der Waals surface area (Å²) in [7, 11) is -4.52. The van der Waals surface area contributed by atoms with Gasteiger partial charge in [-0.3, -0.25) is 9.32 Å². The smallest absolute Gasteiger partial charge is 0.469 e. The molecule has 1 saturated heterocycles. The van der Waals surface area contributed by atoms with Crippen LogP contribution in [0.4, 0.5) is 0 Å². The molecular weight excluding hydrogens is 429 g/mol. The molecule has 1 aliphatic rings. The predicted octanol–water partition coefficient (Wildman–Crippen LogP) is 5.24. The lowest BCUT2D eigenvalue weighted by Gasteiger charge is -2.17. The van der Waals surface area contributed by atoms with E-state index < -0.39 is 13.9 Å². The van der Waals surface area contributed by atoms with E-state index in [0.717, 1.165) is 17.7 Å². The molecule has 1 aromatic carbocycles. The van der Waals surface area contributed by atoms with E-state index in [0.29, 0.717) is 32.4 Å². The Kier molecular flexibility index (Phi) is 12.3. The highest BCUT2D eigenvalue weighted by molar-refractivity contribution is 7.46. The summed E-state index contributed by atoms with van der Waals surface area (Å²) in [6.45, 7) is 3.65. The van der Waals surface area contributed by atoms with Gasteiger partial charge in [0, 0.05) is 19.5 Å². The van der Waals surface area contributed by atoms with E-state index in [9.17, 15) is 9.36 Å². The molecule has 1 aliphatic heterocycles. The van der Waals surface area contributed by atoms with Crippen LogP contribution in [0.5, 0.6) is 5.75 Å². The van der Waals surface area contributed by atoms with Gasteiger partial charge in [-0.15, -0.1) is 0 Å². The van der Waals surface area contributed by atoms with E-state index in [1.165, 1.54) is 51.4 Å². The fourth-order valence-electron chi connectivity index (χ4n) is 4.04. The van der Waals surface area contributed by atoms with Crippen LogP contribution in [0.1, 0.15) is 83.1 Å². The first-order chi connectivity index (χ1) is 15.4. The van der Waals surface area contributed by atoms with E-state index >= 15 is 0 Å². The Balaban J connectivity index is 1.60. The molecule has 1 amide bonds. The molecule has 0 bridgehead atoms. The fraction of sp³-hybridized carbons (Fsp3) is 0.708. The van der Waals surface area contributed by atoms with Gasteiger partial charge in [-0.05, 0) is 37.0 Å². The highest BCUT2D eigenvalue weighted by atomic mass is 31.2. The first-order valence-electron chi connectivity index (χ1n) is 12.1. The maximum Gasteiger partial charge on any atom is 0.469 e. The minimum atomic E-state index is -4.52. The maximum atomic E-state index is 12.4. The normalized spacial score (nSPS) is 16.5. The van der Waals surface area contributed by atoms with Gasteiger partial charge in [-0.1, -0.05) is 70.4 Å². The Bertz CT molecular complexity index is 722. The molecule has 32 heavy (non-hydrogen) atoms. The van der Waals surface area contributed by atoms with Crippen LogP contribution in [0, 0.1) is 0 Å². The van der Waals surface area contributed by atoms with Gasteiger partial charge in [0.05, 0.1) is 12.7 Å². The summed E-state index contributed by atoms with van der Waals surface area (Å²) in [6, 6.07) is 7.88. The molecule has 0 aromatic heterocycles. The average Bonchev–Trinajstić information content (AvgIpc) is 3.20. The molecular formula is C24H40NO6P. The second-order valence-electron chi connectivity index (χ2n) is 8.67. The third-order valence-corrected chi connectivity index (χ3v) is 6.40. The lowest BCUT2D eigenvalue weighted by Crippen LogP contribution is -2.30. The number of carbonyl (C=O) groups is 1. The molecule has 182 valence electrons. The summed E-state index contributed by atoms with van der Waals surface area (Å²) in [5.74, 6) is 0.814. The minimum Gasteiger partial charge on any atom is -0.494 e. The molecule has 0 aliphatic carbocycles. The summed E-state index contributed by atoms with van der Waals surface area (Å²) in [4.78, 5) is 31.9. The van der Waals surface area contributed by atoms with Gasteiger partial charge in [-0.2, -0.15) is 0 Å². The third-order valence-electron chi connectivity index (χ3n) is 5.83. The van der Waals surface area contributed by atoms with Crippen molar-refractivity contribution in [2.45, 2.75) is 90.1 Å². The number of unbranched alkanes of at least 4 members (excludes halogenated alkanes) is 8. The largest absolute Gasteiger partial charge is 0.494 e. The van der Waals surface area contributed by atoms with Crippen molar-refractivity contribution in [3.05, 3.63) is 29.8 Å². The van der Waals surface area contributed by atoms with Crippen LogP contribution in [0.25, 0.3) is 0 Å². The second-order valence-corrected chi connectivity index (χ2v) is 9.86. The first kappa shape index (κ1) is 26.8. The molecule has 7 nitrogen and oxygen atoms in total. The van der Waals surface area contributed by atoms with Gasteiger partial charge in [0.1, 0.15) is 5.75 Å². The number of hydrogen-bond acceptors (Lipinski definition) is 4. The molecule has 0 radical (unpaired) electrons. The molecule has 1 fully saturated rings. The zero-order chi connectivity index (χ0) is 23.2. The summed E-state index contributed by atoms with van der Waals surface area (Å²) >= 11 is 0. The van der Waals surface area contributed by atoms with Crippen LogP contribution in [-0.4, -0.2) is 46.4 Å². The highest BCUT2D eigenvalue weighted by Gasteiger charge is 2.31. The molecule has 2 N–H and O–H groups in total. The average molecular weight is 470 g/mol. The highest BCUT2D eigenvalue weighted by Crippen LogP contribution is 2.39. The zero-order valence-electron chi connectivity index (χ0n) is 19.4. The number of benzene rings is 1. The van der Waals surface area contributed by atoms with Crippen LogP contribution in [0.3, 0.4) is 0 Å². The quantitative estimate of drug-likeness (QED) is 0.254. The number of ether oxygens (including phenoxy) is 1. The molecule has 8 heteroatoms. The molecule has 0 spiro atoms. The Morgan fingerprint density at radius 3 is 2.47 bits per heavy atom. The van der Waals surface area contributed by atoms with E-state index in [1.807, 2.05) is 24.3 Å². The fourth-order valence-corrected chi connectivity index (χ4v) is 4.60. The van der Waals surface area contributed by atoms with Crippen molar-refractivity contribution in [2.24, 2.45) is 0 Å². The van der Waals surface area contributed by atoms with Crippen molar-refractivity contribution in [3.63, 3.8) is 0 Å². The Morgan fingerprint density at radius 1 is 1.09 bits per heavy atom. The zero-order valence-corrected chi connectivity index (χ0v) is 20.3. The summed E-state index contributed by atoms with van der Waals surface area (Å²) in [5.41, 5.74) is 1.05. The molecule has 1 unspecified atom stereocenters. The summed E-state index contributed by atoms with van der Waals surface area (Å²) in [5, 5.41) is 0. The topological polar surface area (TPSA) is 96.3 Å². The van der Waals surface area contributed by atoms with Gasteiger partial charge in [0.25, 0.3) is 0 Å². The van der Waals surface area contributed by atoms with Crippen molar-refractivity contribution >= 4 is 13.7 Å². The van der Waals surface area contributed by atoms with Crippen molar-refractivity contribution in [3.8, 4) is 5.75 Å². The molecule has 0 saturated carbocycles. The number of rotatable bonds is 16. The molecule has 1 heterocycles. The predicted molar refractivity (Wildman–Crippen MR) is 126 cm³/mol. The van der Waals surface area contributed by atoms with E-state index in [4.69, 9.17) is 19.0 Å². The Morgan fingerprint density at radius 2 is 1.78 bits per heavy atom. The third kappa shape index (κ3) is 11.5.